The van der Waals surface area contributed by atoms with Crippen LogP contribution in [0.25, 0.3) is 0 Å². The third-order valence-electron chi connectivity index (χ3n) is 8.00. The van der Waals surface area contributed by atoms with E-state index in [2.05, 4.69) is 18.5 Å². The zero-order valence-electron chi connectivity index (χ0n) is 25.2. The van der Waals surface area contributed by atoms with Gasteiger partial charge < -0.3 is 34.3 Å². The van der Waals surface area contributed by atoms with Gasteiger partial charge in [0.05, 0.1) is 44.4 Å². The maximum atomic E-state index is 13.2. The number of alkyl carbamates (subject to hydrolysis) is 1. The minimum absolute atomic E-state index is 0.00974. The first-order valence-electron chi connectivity index (χ1n) is 15.5. The van der Waals surface area contributed by atoms with Gasteiger partial charge in [-0.25, -0.2) is 9.59 Å². The fourth-order valence-corrected chi connectivity index (χ4v) is 5.49. The Morgan fingerprint density at radius 3 is 2.57 bits per heavy atom. The van der Waals surface area contributed by atoms with Crippen LogP contribution >= 0.6 is 0 Å². The van der Waals surface area contributed by atoms with Crippen molar-refractivity contribution in [1.29, 1.82) is 0 Å². The molecule has 1 aromatic rings. The SMILES string of the molecule is C=CCCCCCCCCOC(=O)N(CC(O)C(Cc1ccccc1)NC(=O)OC1COC2OCCC12)C(C)CC=C. The van der Waals surface area contributed by atoms with Crippen LogP contribution in [0, 0.1) is 5.92 Å². The standard InChI is InChI=1S/C33H50N2O7/c1-4-6-7-8-9-10-11-15-20-40-33(38)35(25(3)16-5-2)23-29(36)28(22-26-17-13-12-14-18-26)34-32(37)42-30-24-41-31-27(30)19-21-39-31/h4-5,12-14,17-18,25,27-31,36H,1-2,6-11,15-16,19-24H2,3H3,(H,34,37). The quantitative estimate of drug-likeness (QED) is 0.157. The highest BCUT2D eigenvalue weighted by molar-refractivity contribution is 5.69. The first kappa shape index (κ1) is 33.6. The number of benzene rings is 1. The van der Waals surface area contributed by atoms with Gasteiger partial charge in [0.1, 0.15) is 6.10 Å². The van der Waals surface area contributed by atoms with Crippen molar-refractivity contribution in [1.82, 2.24) is 10.2 Å². The molecule has 2 aliphatic heterocycles. The molecule has 2 aliphatic rings. The second-order valence-corrected chi connectivity index (χ2v) is 11.3. The molecule has 1 aromatic carbocycles. The van der Waals surface area contributed by atoms with Gasteiger partial charge in [0.15, 0.2) is 6.29 Å². The van der Waals surface area contributed by atoms with E-state index in [4.69, 9.17) is 18.9 Å². The molecule has 6 unspecified atom stereocenters. The number of hydrogen-bond donors (Lipinski definition) is 2. The minimum Gasteiger partial charge on any atom is -0.449 e. The molecule has 9 heteroatoms. The minimum atomic E-state index is -1.07. The van der Waals surface area contributed by atoms with Crippen LogP contribution in [0.3, 0.4) is 0 Å². The molecule has 0 radical (unpaired) electrons. The van der Waals surface area contributed by atoms with Gasteiger partial charge in [-0.2, -0.15) is 0 Å². The zero-order valence-corrected chi connectivity index (χ0v) is 25.2. The monoisotopic (exact) mass is 586 g/mol. The highest BCUT2D eigenvalue weighted by Crippen LogP contribution is 2.33. The molecule has 6 atom stereocenters. The smallest absolute Gasteiger partial charge is 0.410 e. The fraction of sp³-hybridized carbons (Fsp3) is 0.636. The predicted molar refractivity (Wildman–Crippen MR) is 162 cm³/mol. The van der Waals surface area contributed by atoms with Crippen molar-refractivity contribution in [2.24, 2.45) is 5.92 Å². The van der Waals surface area contributed by atoms with Crippen molar-refractivity contribution in [2.75, 3.05) is 26.4 Å². The van der Waals surface area contributed by atoms with Crippen LogP contribution in [-0.2, 0) is 25.4 Å². The Kier molecular flexibility index (Phi) is 14.9. The molecule has 2 N–H and O–H groups in total. The Morgan fingerprint density at radius 2 is 1.83 bits per heavy atom. The van der Waals surface area contributed by atoms with Crippen LogP contribution < -0.4 is 5.32 Å². The molecule has 0 saturated carbocycles. The molecule has 2 fully saturated rings. The maximum absolute atomic E-state index is 13.2. The van der Waals surface area contributed by atoms with E-state index in [1.165, 1.54) is 17.7 Å². The molecule has 2 amide bonds. The van der Waals surface area contributed by atoms with Gasteiger partial charge in [0, 0.05) is 6.04 Å². The van der Waals surface area contributed by atoms with E-state index in [1.807, 2.05) is 43.3 Å². The van der Waals surface area contributed by atoms with E-state index >= 15 is 0 Å². The van der Waals surface area contributed by atoms with Crippen molar-refractivity contribution in [2.45, 2.75) is 102 Å². The van der Waals surface area contributed by atoms with Crippen LogP contribution in [0.4, 0.5) is 9.59 Å². The van der Waals surface area contributed by atoms with E-state index in [1.54, 1.807) is 6.08 Å². The number of amides is 2. The molecular formula is C33H50N2O7. The maximum Gasteiger partial charge on any atom is 0.410 e. The van der Waals surface area contributed by atoms with Gasteiger partial charge in [0.2, 0.25) is 0 Å². The molecule has 0 aromatic heterocycles. The van der Waals surface area contributed by atoms with Gasteiger partial charge in [-0.3, -0.25) is 0 Å². The number of unbranched alkanes of at least 4 members (excludes halogenated alkanes) is 6. The lowest BCUT2D eigenvalue weighted by Gasteiger charge is -2.33. The summed E-state index contributed by atoms with van der Waals surface area (Å²) in [6, 6.07) is 8.65. The summed E-state index contributed by atoms with van der Waals surface area (Å²) in [6.07, 6.45) is 9.91. The Bertz CT molecular complexity index is 959. The van der Waals surface area contributed by atoms with E-state index in [0.717, 1.165) is 44.1 Å². The van der Waals surface area contributed by atoms with Gasteiger partial charge in [-0.1, -0.05) is 68.2 Å². The molecule has 0 bridgehead atoms. The first-order chi connectivity index (χ1) is 20.4. The number of aliphatic hydroxyl groups excluding tert-OH is 1. The van der Waals surface area contributed by atoms with Crippen molar-refractivity contribution >= 4 is 12.2 Å². The van der Waals surface area contributed by atoms with Crippen molar-refractivity contribution in [3.8, 4) is 0 Å². The van der Waals surface area contributed by atoms with Gasteiger partial charge in [-0.15, -0.1) is 13.2 Å². The van der Waals surface area contributed by atoms with E-state index in [0.29, 0.717) is 26.1 Å². The zero-order chi connectivity index (χ0) is 30.2. The molecule has 9 nitrogen and oxygen atoms in total. The lowest BCUT2D eigenvalue weighted by Crippen LogP contribution is -2.53. The highest BCUT2D eigenvalue weighted by Gasteiger charge is 2.44. The molecule has 2 heterocycles. The molecule has 42 heavy (non-hydrogen) atoms. The number of nitrogens with zero attached hydrogens (tertiary/aromatic N) is 1. The second-order valence-electron chi connectivity index (χ2n) is 11.3. The molecule has 2 saturated heterocycles. The Morgan fingerprint density at radius 1 is 1.10 bits per heavy atom. The number of fused-ring (bicyclic) bond motifs is 1. The summed E-state index contributed by atoms with van der Waals surface area (Å²) < 4.78 is 22.4. The number of aliphatic hydroxyl groups is 1. The summed E-state index contributed by atoms with van der Waals surface area (Å²) in [5.41, 5.74) is 0.938. The van der Waals surface area contributed by atoms with Gasteiger partial charge in [0.25, 0.3) is 0 Å². The number of rotatable bonds is 19. The summed E-state index contributed by atoms with van der Waals surface area (Å²) in [7, 11) is 0. The Balaban J connectivity index is 1.57. The average molecular weight is 587 g/mol. The van der Waals surface area contributed by atoms with Crippen LogP contribution in [0.1, 0.15) is 70.3 Å². The van der Waals surface area contributed by atoms with E-state index in [9.17, 15) is 14.7 Å². The third kappa shape index (κ3) is 11.1. The number of carbonyl (C=O) groups is 2. The lowest BCUT2D eigenvalue weighted by molar-refractivity contribution is -0.0907. The van der Waals surface area contributed by atoms with Gasteiger partial charge in [-0.05, 0) is 51.0 Å². The van der Waals surface area contributed by atoms with Crippen molar-refractivity contribution < 1.29 is 33.6 Å². The lowest BCUT2D eigenvalue weighted by atomic mass is 10.0. The predicted octanol–water partition coefficient (Wildman–Crippen LogP) is 5.77. The van der Waals surface area contributed by atoms with Crippen LogP contribution in [0.5, 0.6) is 0 Å². The highest BCUT2D eigenvalue weighted by atomic mass is 16.7. The molecule has 0 aliphatic carbocycles. The molecule has 0 spiro atoms. The third-order valence-corrected chi connectivity index (χ3v) is 8.00. The topological polar surface area (TPSA) is 107 Å². The number of hydrogen-bond acceptors (Lipinski definition) is 7. The number of carbonyl (C=O) groups excluding carboxylic acids is 2. The van der Waals surface area contributed by atoms with E-state index < -0.39 is 30.4 Å². The molecular weight excluding hydrogens is 536 g/mol. The normalized spacial score (nSPS) is 21.5. The first-order valence-corrected chi connectivity index (χ1v) is 15.5. The second kappa shape index (κ2) is 18.6. The summed E-state index contributed by atoms with van der Waals surface area (Å²) in [5, 5.41) is 14.3. The van der Waals surface area contributed by atoms with Crippen LogP contribution in [0.15, 0.2) is 55.6 Å². The fourth-order valence-electron chi connectivity index (χ4n) is 5.49. The largest absolute Gasteiger partial charge is 0.449 e. The van der Waals surface area contributed by atoms with E-state index in [-0.39, 0.29) is 31.4 Å². The van der Waals surface area contributed by atoms with Crippen LogP contribution in [-0.4, -0.2) is 79.1 Å². The summed E-state index contributed by atoms with van der Waals surface area (Å²) in [5.74, 6) is 0.00974. The van der Waals surface area contributed by atoms with Gasteiger partial charge >= 0.3 is 12.2 Å². The Hall–Kier alpha value is -2.88. The molecule has 3 rings (SSSR count). The average Bonchev–Trinajstić information content (AvgIpc) is 3.60. The van der Waals surface area contributed by atoms with Crippen LogP contribution in [0.2, 0.25) is 0 Å². The summed E-state index contributed by atoms with van der Waals surface area (Å²) in [4.78, 5) is 27.7. The molecule has 234 valence electrons. The number of allylic oxidation sites excluding steroid dienone is 1. The summed E-state index contributed by atoms with van der Waals surface area (Å²) >= 11 is 0. The van der Waals surface area contributed by atoms with Crippen molar-refractivity contribution in [3.63, 3.8) is 0 Å². The Labute approximate surface area is 251 Å². The van der Waals surface area contributed by atoms with Crippen molar-refractivity contribution in [3.05, 3.63) is 61.2 Å². The number of ether oxygens (including phenoxy) is 4. The summed E-state index contributed by atoms with van der Waals surface area (Å²) in [6.45, 7) is 10.6. The number of nitrogens with one attached hydrogen (secondary N) is 1.